The molecular weight excluding hydrogens is 338 g/mol. The summed E-state index contributed by atoms with van der Waals surface area (Å²) >= 11 is 5.93. The summed E-state index contributed by atoms with van der Waals surface area (Å²) in [5.41, 5.74) is 2.38. The number of fused-ring (bicyclic) bond motifs is 1. The molecule has 2 aromatic heterocycles. The van der Waals surface area contributed by atoms with Crippen LogP contribution in [0.5, 0.6) is 5.75 Å². The van der Waals surface area contributed by atoms with Crippen molar-refractivity contribution in [3.8, 4) is 5.75 Å². The van der Waals surface area contributed by atoms with E-state index in [0.717, 1.165) is 18.0 Å². The lowest BCUT2D eigenvalue weighted by molar-refractivity contribution is 0.314. The van der Waals surface area contributed by atoms with Gasteiger partial charge in [-0.2, -0.15) is 0 Å². The van der Waals surface area contributed by atoms with Gasteiger partial charge in [0, 0.05) is 25.4 Å². The number of hydrogen-bond acceptors (Lipinski definition) is 4. The minimum absolute atomic E-state index is 0.128. The highest BCUT2D eigenvalue weighted by Gasteiger charge is 2.07. The lowest BCUT2D eigenvalue weighted by Gasteiger charge is -2.17. The topological polar surface area (TPSA) is 46.8 Å². The molecule has 0 N–H and O–H groups in total. The molecule has 0 saturated carbocycles. The van der Waals surface area contributed by atoms with Gasteiger partial charge in [0.25, 0.3) is 5.56 Å². The molecule has 1 aromatic carbocycles. The quantitative estimate of drug-likeness (QED) is 0.678. The van der Waals surface area contributed by atoms with Gasteiger partial charge >= 0.3 is 0 Å². The largest absolute Gasteiger partial charge is 0.494 e. The maximum Gasteiger partial charge on any atom is 0.258 e. The van der Waals surface area contributed by atoms with Crippen molar-refractivity contribution in [1.29, 1.82) is 0 Å². The molecule has 25 heavy (non-hydrogen) atoms. The normalized spacial score (nSPS) is 11.2. The zero-order valence-electron chi connectivity index (χ0n) is 14.3. The van der Waals surface area contributed by atoms with Crippen molar-refractivity contribution in [2.24, 2.45) is 0 Å². The van der Waals surface area contributed by atoms with E-state index in [-0.39, 0.29) is 5.56 Å². The number of halogens is 1. The van der Waals surface area contributed by atoms with E-state index in [9.17, 15) is 4.79 Å². The summed E-state index contributed by atoms with van der Waals surface area (Å²) in [5.74, 6) is 0.872. The van der Waals surface area contributed by atoms with Crippen molar-refractivity contribution in [2.45, 2.75) is 20.0 Å². The maximum absolute atomic E-state index is 12.2. The average molecular weight is 358 g/mol. The smallest absolute Gasteiger partial charge is 0.258 e. The van der Waals surface area contributed by atoms with Crippen molar-refractivity contribution in [3.05, 3.63) is 75.3 Å². The van der Waals surface area contributed by atoms with Gasteiger partial charge in [0.1, 0.15) is 11.4 Å². The molecule has 0 unspecified atom stereocenters. The molecule has 0 saturated heterocycles. The van der Waals surface area contributed by atoms with Crippen LogP contribution < -0.4 is 10.3 Å². The van der Waals surface area contributed by atoms with Gasteiger partial charge in [-0.05, 0) is 43.8 Å². The highest BCUT2D eigenvalue weighted by Crippen LogP contribution is 2.14. The Kier molecular flexibility index (Phi) is 5.36. The molecule has 0 bridgehead atoms. The van der Waals surface area contributed by atoms with Crippen LogP contribution in [0.15, 0.2) is 53.5 Å². The molecule has 6 heteroatoms. The van der Waals surface area contributed by atoms with E-state index in [1.54, 1.807) is 24.4 Å². The molecule has 0 radical (unpaired) electrons. The Labute approximate surface area is 151 Å². The minimum atomic E-state index is -0.128. The first-order valence-corrected chi connectivity index (χ1v) is 8.51. The molecule has 0 aliphatic heterocycles. The van der Waals surface area contributed by atoms with E-state index in [4.69, 9.17) is 16.3 Å². The highest BCUT2D eigenvalue weighted by molar-refractivity contribution is 6.30. The average Bonchev–Trinajstić information content (AvgIpc) is 2.57. The summed E-state index contributed by atoms with van der Waals surface area (Å²) in [4.78, 5) is 18.9. The van der Waals surface area contributed by atoms with Gasteiger partial charge in [-0.1, -0.05) is 23.7 Å². The zero-order valence-corrected chi connectivity index (χ0v) is 15.0. The maximum atomic E-state index is 12.2. The molecule has 0 aliphatic rings. The molecule has 3 aromatic rings. The van der Waals surface area contributed by atoms with Crippen LogP contribution in [-0.2, 0) is 13.1 Å². The second kappa shape index (κ2) is 7.68. The number of benzene rings is 1. The van der Waals surface area contributed by atoms with Crippen molar-refractivity contribution in [2.75, 3.05) is 13.7 Å². The third-order valence-electron chi connectivity index (χ3n) is 3.80. The van der Waals surface area contributed by atoms with Crippen molar-refractivity contribution >= 4 is 17.2 Å². The van der Waals surface area contributed by atoms with Crippen LogP contribution in [0.3, 0.4) is 0 Å². The van der Waals surface area contributed by atoms with Crippen LogP contribution in [0, 0.1) is 0 Å². The van der Waals surface area contributed by atoms with E-state index < -0.39 is 0 Å². The molecule has 0 aliphatic carbocycles. The second-order valence-electron chi connectivity index (χ2n) is 5.91. The molecule has 3 rings (SSSR count). The first kappa shape index (κ1) is 17.5. The number of ether oxygens (including phenoxy) is 1. The first-order chi connectivity index (χ1) is 12.0. The Balaban J connectivity index is 1.72. The third kappa shape index (κ3) is 4.38. The molecule has 2 heterocycles. The standard InChI is InChI=1S/C19H20ClN3O2/c1-3-25-17-7-4-14(5-8-17)11-22(2)13-16-10-19(24)23-12-15(20)6-9-18(23)21-16/h4-10,12H,3,11,13H2,1-2H3. The molecule has 0 amide bonds. The molecule has 0 fully saturated rings. The fourth-order valence-corrected chi connectivity index (χ4v) is 2.87. The number of aromatic nitrogens is 2. The van der Waals surface area contributed by atoms with Crippen molar-refractivity contribution in [3.63, 3.8) is 0 Å². The third-order valence-corrected chi connectivity index (χ3v) is 4.02. The summed E-state index contributed by atoms with van der Waals surface area (Å²) in [5, 5.41) is 0.511. The summed E-state index contributed by atoms with van der Waals surface area (Å²) in [7, 11) is 2.00. The SMILES string of the molecule is CCOc1ccc(CN(C)Cc2cc(=O)n3cc(Cl)ccc3n2)cc1. The molecule has 0 atom stereocenters. The summed E-state index contributed by atoms with van der Waals surface area (Å²) in [6.45, 7) is 3.97. The number of hydrogen-bond donors (Lipinski definition) is 0. The van der Waals surface area contributed by atoms with E-state index in [0.29, 0.717) is 23.8 Å². The van der Waals surface area contributed by atoms with Crippen molar-refractivity contribution < 1.29 is 4.74 Å². The second-order valence-corrected chi connectivity index (χ2v) is 6.35. The predicted molar refractivity (Wildman–Crippen MR) is 99.3 cm³/mol. The molecule has 5 nitrogen and oxygen atoms in total. The van der Waals surface area contributed by atoms with Gasteiger partial charge in [-0.25, -0.2) is 4.98 Å². The van der Waals surface area contributed by atoms with Crippen LogP contribution in [0.1, 0.15) is 18.2 Å². The predicted octanol–water partition coefficient (Wildman–Crippen LogP) is 3.38. The molecule has 130 valence electrons. The van der Waals surface area contributed by atoms with Gasteiger partial charge < -0.3 is 4.74 Å². The first-order valence-electron chi connectivity index (χ1n) is 8.13. The zero-order chi connectivity index (χ0) is 17.8. The molecular formula is C19H20ClN3O2. The summed E-state index contributed by atoms with van der Waals surface area (Å²) in [6.07, 6.45) is 1.58. The van der Waals surface area contributed by atoms with Crippen LogP contribution in [0.2, 0.25) is 5.02 Å². The van der Waals surface area contributed by atoms with Gasteiger partial charge in [0.15, 0.2) is 0 Å². The van der Waals surface area contributed by atoms with Crippen LogP contribution in [0.25, 0.3) is 5.65 Å². The Morgan fingerprint density at radius 2 is 1.92 bits per heavy atom. The van der Waals surface area contributed by atoms with Gasteiger partial charge in [0.2, 0.25) is 0 Å². The fourth-order valence-electron chi connectivity index (χ4n) is 2.71. The van der Waals surface area contributed by atoms with E-state index in [1.807, 2.05) is 38.2 Å². The van der Waals surface area contributed by atoms with E-state index >= 15 is 0 Å². The van der Waals surface area contributed by atoms with Gasteiger partial charge in [-0.15, -0.1) is 0 Å². The van der Waals surface area contributed by atoms with Crippen LogP contribution >= 0.6 is 11.6 Å². The summed E-state index contributed by atoms with van der Waals surface area (Å²) < 4.78 is 6.91. The molecule has 0 spiro atoms. The Morgan fingerprint density at radius 3 is 2.64 bits per heavy atom. The summed E-state index contributed by atoms with van der Waals surface area (Å²) in [6, 6.07) is 13.1. The number of nitrogens with zero attached hydrogens (tertiary/aromatic N) is 3. The van der Waals surface area contributed by atoms with Crippen molar-refractivity contribution in [1.82, 2.24) is 14.3 Å². The van der Waals surface area contributed by atoms with E-state index in [1.165, 1.54) is 9.96 Å². The Morgan fingerprint density at radius 1 is 1.16 bits per heavy atom. The minimum Gasteiger partial charge on any atom is -0.494 e. The highest BCUT2D eigenvalue weighted by atomic mass is 35.5. The number of rotatable bonds is 6. The van der Waals surface area contributed by atoms with E-state index in [2.05, 4.69) is 9.88 Å². The lowest BCUT2D eigenvalue weighted by atomic mass is 10.2. The fraction of sp³-hybridized carbons (Fsp3) is 0.263. The van der Waals surface area contributed by atoms with Crippen LogP contribution in [0.4, 0.5) is 0 Å². The number of pyridine rings is 1. The van der Waals surface area contributed by atoms with Gasteiger partial charge in [0.05, 0.1) is 17.3 Å². The van der Waals surface area contributed by atoms with Gasteiger partial charge in [-0.3, -0.25) is 14.1 Å². The monoisotopic (exact) mass is 357 g/mol. The Bertz CT molecular complexity index is 922. The van der Waals surface area contributed by atoms with Crippen LogP contribution in [-0.4, -0.2) is 27.9 Å². The lowest BCUT2D eigenvalue weighted by Crippen LogP contribution is -2.21. The Hall–Kier alpha value is -2.37.